The zero-order chi connectivity index (χ0) is 16.2. The molecule has 0 heterocycles. The molecule has 0 aliphatic heterocycles. The Morgan fingerprint density at radius 1 is 1.23 bits per heavy atom. The van der Waals surface area contributed by atoms with E-state index in [2.05, 4.69) is 5.32 Å². The molecular formula is C16H22F3NO2. The van der Waals surface area contributed by atoms with Crippen molar-refractivity contribution in [2.45, 2.75) is 50.9 Å². The van der Waals surface area contributed by atoms with Gasteiger partial charge in [-0.1, -0.05) is 25.3 Å². The molecule has 0 aromatic heterocycles. The van der Waals surface area contributed by atoms with Gasteiger partial charge in [0.25, 0.3) is 0 Å². The highest BCUT2D eigenvalue weighted by Gasteiger charge is 2.50. The van der Waals surface area contributed by atoms with Crippen molar-refractivity contribution in [2.24, 2.45) is 5.92 Å². The lowest BCUT2D eigenvalue weighted by molar-refractivity contribution is -0.240. The van der Waals surface area contributed by atoms with Crippen LogP contribution in [0.15, 0.2) is 24.3 Å². The van der Waals surface area contributed by atoms with Gasteiger partial charge in [0.15, 0.2) is 0 Å². The molecule has 6 heteroatoms. The number of rotatable bonds is 5. The molecule has 0 radical (unpaired) electrons. The first-order chi connectivity index (χ1) is 10.3. The van der Waals surface area contributed by atoms with Gasteiger partial charge in [0.05, 0.1) is 6.61 Å². The van der Waals surface area contributed by atoms with Crippen LogP contribution in [0.1, 0.15) is 39.0 Å². The Morgan fingerprint density at radius 2 is 1.91 bits per heavy atom. The lowest BCUT2D eigenvalue weighted by atomic mass is 9.90. The maximum atomic E-state index is 12.7. The summed E-state index contributed by atoms with van der Waals surface area (Å²) in [6.07, 6.45) is 1.21. The Hall–Kier alpha value is -1.43. The van der Waals surface area contributed by atoms with E-state index in [1.54, 1.807) is 12.1 Å². The van der Waals surface area contributed by atoms with Crippen LogP contribution < -0.4 is 10.1 Å². The van der Waals surface area contributed by atoms with E-state index >= 15 is 0 Å². The number of anilines is 1. The Balaban J connectivity index is 1.94. The summed E-state index contributed by atoms with van der Waals surface area (Å²) in [7, 11) is 0. The van der Waals surface area contributed by atoms with Crippen LogP contribution in [0.25, 0.3) is 0 Å². The summed E-state index contributed by atoms with van der Waals surface area (Å²) in [6, 6.07) is 6.25. The monoisotopic (exact) mass is 317 g/mol. The molecule has 1 saturated carbocycles. The maximum absolute atomic E-state index is 12.7. The first kappa shape index (κ1) is 16.9. The summed E-state index contributed by atoms with van der Waals surface area (Å²) in [4.78, 5) is 0. The molecule has 0 bridgehead atoms. The Bertz CT molecular complexity index is 483. The minimum Gasteiger partial charge on any atom is -0.493 e. The molecule has 1 atom stereocenters. The van der Waals surface area contributed by atoms with Crippen LogP contribution in [-0.2, 0) is 0 Å². The number of ether oxygens (including phenoxy) is 1. The minimum absolute atomic E-state index is 0.170. The molecule has 22 heavy (non-hydrogen) atoms. The van der Waals surface area contributed by atoms with Gasteiger partial charge in [-0.25, -0.2) is 0 Å². The molecule has 3 nitrogen and oxygen atoms in total. The van der Waals surface area contributed by atoms with Crippen molar-refractivity contribution in [1.82, 2.24) is 0 Å². The van der Waals surface area contributed by atoms with Gasteiger partial charge in [-0.3, -0.25) is 0 Å². The highest BCUT2D eigenvalue weighted by Crippen LogP contribution is 2.32. The van der Waals surface area contributed by atoms with E-state index in [0.717, 1.165) is 12.8 Å². The number of benzene rings is 1. The molecule has 2 N–H and O–H groups in total. The number of nitrogens with one attached hydrogen (secondary N) is 1. The molecule has 1 aromatic rings. The van der Waals surface area contributed by atoms with Gasteiger partial charge in [0, 0.05) is 11.8 Å². The predicted molar refractivity (Wildman–Crippen MR) is 78.8 cm³/mol. The maximum Gasteiger partial charge on any atom is 0.436 e. The molecule has 1 unspecified atom stereocenters. The van der Waals surface area contributed by atoms with Crippen LogP contribution in [0.3, 0.4) is 0 Å². The van der Waals surface area contributed by atoms with Gasteiger partial charge in [0.1, 0.15) is 5.75 Å². The van der Waals surface area contributed by atoms with Gasteiger partial charge in [-0.15, -0.1) is 0 Å². The third kappa shape index (κ3) is 4.53. The molecule has 0 amide bonds. The molecule has 124 valence electrons. The molecule has 0 saturated heterocycles. The highest BCUT2D eigenvalue weighted by molar-refractivity contribution is 5.49. The Morgan fingerprint density at radius 3 is 2.55 bits per heavy atom. The average Bonchev–Trinajstić information content (AvgIpc) is 2.45. The third-order valence-corrected chi connectivity index (χ3v) is 3.98. The van der Waals surface area contributed by atoms with Crippen molar-refractivity contribution in [3.8, 4) is 5.75 Å². The van der Waals surface area contributed by atoms with Crippen molar-refractivity contribution >= 4 is 5.69 Å². The number of hydrogen-bond donors (Lipinski definition) is 2. The van der Waals surface area contributed by atoms with Crippen molar-refractivity contribution in [2.75, 3.05) is 11.9 Å². The van der Waals surface area contributed by atoms with Crippen molar-refractivity contribution in [3.63, 3.8) is 0 Å². The molecule has 1 fully saturated rings. The van der Waals surface area contributed by atoms with Gasteiger partial charge in [-0.05, 0) is 37.8 Å². The van der Waals surface area contributed by atoms with E-state index in [-0.39, 0.29) is 5.69 Å². The van der Waals surface area contributed by atoms with E-state index in [1.165, 1.54) is 31.4 Å². The fourth-order valence-electron chi connectivity index (χ4n) is 2.58. The fourth-order valence-corrected chi connectivity index (χ4v) is 2.58. The van der Waals surface area contributed by atoms with Gasteiger partial charge < -0.3 is 15.2 Å². The van der Waals surface area contributed by atoms with Crippen molar-refractivity contribution in [3.05, 3.63) is 24.3 Å². The van der Waals surface area contributed by atoms with Gasteiger partial charge >= 0.3 is 6.18 Å². The topological polar surface area (TPSA) is 41.5 Å². The second-order valence-corrected chi connectivity index (χ2v) is 6.04. The van der Waals surface area contributed by atoms with E-state index in [9.17, 15) is 18.3 Å². The summed E-state index contributed by atoms with van der Waals surface area (Å²) < 4.78 is 43.7. The average molecular weight is 317 g/mol. The zero-order valence-corrected chi connectivity index (χ0v) is 12.6. The van der Waals surface area contributed by atoms with Crippen LogP contribution in [-0.4, -0.2) is 23.6 Å². The highest BCUT2D eigenvalue weighted by atomic mass is 19.4. The normalized spacial score (nSPS) is 19.5. The molecular weight excluding hydrogens is 295 g/mol. The molecule has 2 rings (SSSR count). The lowest BCUT2D eigenvalue weighted by Gasteiger charge is -2.28. The van der Waals surface area contributed by atoms with Crippen LogP contribution >= 0.6 is 0 Å². The molecule has 0 spiro atoms. The predicted octanol–water partition coefficient (Wildman–Crippen LogP) is 4.33. The molecule has 1 aromatic carbocycles. The van der Waals surface area contributed by atoms with Crippen LogP contribution in [0.5, 0.6) is 5.75 Å². The minimum atomic E-state index is -4.76. The molecule has 1 aliphatic carbocycles. The smallest absolute Gasteiger partial charge is 0.436 e. The number of hydrogen-bond acceptors (Lipinski definition) is 3. The number of aliphatic hydroxyl groups is 1. The van der Waals surface area contributed by atoms with Gasteiger partial charge in [0.2, 0.25) is 5.72 Å². The molecule has 1 aliphatic rings. The second-order valence-electron chi connectivity index (χ2n) is 6.04. The SMILES string of the molecule is CC(O)(Nc1cccc(OCC2CCCCC2)c1)C(F)(F)F. The second kappa shape index (κ2) is 6.77. The Labute approximate surface area is 128 Å². The number of halogens is 3. The quantitative estimate of drug-likeness (QED) is 0.794. The van der Waals surface area contributed by atoms with Crippen LogP contribution in [0.2, 0.25) is 0 Å². The summed E-state index contributed by atoms with van der Waals surface area (Å²) in [5.74, 6) is 1.03. The number of alkyl halides is 3. The lowest BCUT2D eigenvalue weighted by Crippen LogP contribution is -2.49. The van der Waals surface area contributed by atoms with E-state index < -0.39 is 11.9 Å². The summed E-state index contributed by atoms with van der Waals surface area (Å²) in [5, 5.41) is 11.5. The van der Waals surface area contributed by atoms with Gasteiger partial charge in [-0.2, -0.15) is 13.2 Å². The van der Waals surface area contributed by atoms with Crippen molar-refractivity contribution < 1.29 is 23.0 Å². The van der Waals surface area contributed by atoms with E-state index in [4.69, 9.17) is 4.74 Å². The summed E-state index contributed by atoms with van der Waals surface area (Å²) in [5.41, 5.74) is -2.81. The summed E-state index contributed by atoms with van der Waals surface area (Å²) in [6.45, 7) is 1.27. The first-order valence-electron chi connectivity index (χ1n) is 7.58. The van der Waals surface area contributed by atoms with E-state index in [0.29, 0.717) is 25.2 Å². The van der Waals surface area contributed by atoms with Crippen LogP contribution in [0.4, 0.5) is 18.9 Å². The Kier molecular flexibility index (Phi) is 5.21. The van der Waals surface area contributed by atoms with Crippen molar-refractivity contribution in [1.29, 1.82) is 0 Å². The zero-order valence-electron chi connectivity index (χ0n) is 12.6. The van der Waals surface area contributed by atoms with E-state index in [1.807, 2.05) is 0 Å². The van der Waals surface area contributed by atoms with Crippen LogP contribution in [0, 0.1) is 5.92 Å². The fraction of sp³-hybridized carbons (Fsp3) is 0.625. The standard InChI is InChI=1S/C16H22F3NO2/c1-15(21,16(17,18)19)20-13-8-5-9-14(10-13)22-11-12-6-3-2-4-7-12/h5,8-10,12,20-21H,2-4,6-7,11H2,1H3. The third-order valence-electron chi connectivity index (χ3n) is 3.98. The first-order valence-corrected chi connectivity index (χ1v) is 7.58. The summed E-state index contributed by atoms with van der Waals surface area (Å²) >= 11 is 0. The largest absolute Gasteiger partial charge is 0.493 e.